The molecule has 0 saturated heterocycles. The number of rotatable bonds is 6. The van der Waals surface area contributed by atoms with Gasteiger partial charge in [-0.1, -0.05) is 19.1 Å². The first-order valence-electron chi connectivity index (χ1n) is 5.67. The number of hydrogen-bond acceptors (Lipinski definition) is 3. The molecule has 0 heterocycles. The first-order chi connectivity index (χ1) is 7.53. The Kier molecular flexibility index (Phi) is 4.68. The van der Waals surface area contributed by atoms with Crippen LogP contribution in [0.3, 0.4) is 0 Å². The fraction of sp³-hybridized carbons (Fsp3) is 0.818. The second-order valence-electron chi connectivity index (χ2n) is 4.35. The summed E-state index contributed by atoms with van der Waals surface area (Å²) in [5.41, 5.74) is 5.29. The summed E-state index contributed by atoms with van der Waals surface area (Å²) < 4.78 is 5.40. The molecular weight excluding hydrogens is 224 g/mol. The van der Waals surface area contributed by atoms with Gasteiger partial charge >= 0.3 is 0 Å². The number of methoxy groups -OCH3 is 1. The topological polar surface area (TPSA) is 64.3 Å². The summed E-state index contributed by atoms with van der Waals surface area (Å²) in [6, 6.07) is -0.198. The van der Waals surface area contributed by atoms with E-state index in [1.165, 1.54) is 0 Å². The molecule has 0 bridgehead atoms. The first kappa shape index (κ1) is 13.4. The normalized spacial score (nSPS) is 19.6. The molecule has 1 fully saturated rings. The van der Waals surface area contributed by atoms with Gasteiger partial charge < -0.3 is 15.8 Å². The van der Waals surface area contributed by atoms with E-state index in [-0.39, 0.29) is 17.6 Å². The van der Waals surface area contributed by atoms with Crippen LogP contribution >= 0.6 is 12.2 Å². The van der Waals surface area contributed by atoms with Crippen molar-refractivity contribution in [3.05, 3.63) is 0 Å². The van der Waals surface area contributed by atoms with Crippen LogP contribution in [-0.4, -0.2) is 29.6 Å². The van der Waals surface area contributed by atoms with Crippen LogP contribution in [-0.2, 0) is 9.53 Å². The highest BCUT2D eigenvalue weighted by Gasteiger charge is 2.39. The summed E-state index contributed by atoms with van der Waals surface area (Å²) in [7, 11) is 1.66. The molecule has 16 heavy (non-hydrogen) atoms. The highest BCUT2D eigenvalue weighted by atomic mass is 32.1. The minimum absolute atomic E-state index is 0.0267. The number of ether oxygens (including phenoxy) is 1. The number of nitrogens with two attached hydrogens (primary N) is 1. The van der Waals surface area contributed by atoms with Crippen molar-refractivity contribution in [1.82, 2.24) is 5.32 Å². The summed E-state index contributed by atoms with van der Waals surface area (Å²) in [5, 5.41) is 2.84. The molecule has 0 radical (unpaired) electrons. The van der Waals surface area contributed by atoms with Crippen molar-refractivity contribution in [2.24, 2.45) is 5.73 Å². The van der Waals surface area contributed by atoms with E-state index in [4.69, 9.17) is 22.7 Å². The predicted molar refractivity (Wildman–Crippen MR) is 67.2 cm³/mol. The van der Waals surface area contributed by atoms with Crippen LogP contribution in [0, 0.1) is 0 Å². The van der Waals surface area contributed by atoms with E-state index in [0.29, 0.717) is 11.4 Å². The van der Waals surface area contributed by atoms with E-state index in [9.17, 15) is 4.79 Å². The van der Waals surface area contributed by atoms with Crippen molar-refractivity contribution in [2.75, 3.05) is 7.11 Å². The lowest BCUT2D eigenvalue weighted by atomic mass is 9.77. The number of nitrogens with one attached hydrogen (secondary N) is 1. The Hall–Kier alpha value is -0.680. The Balaban J connectivity index is 2.43. The van der Waals surface area contributed by atoms with Gasteiger partial charge in [-0.15, -0.1) is 0 Å². The number of hydrogen-bond donors (Lipinski definition) is 2. The standard InChI is InChI=1S/C11H20N2O2S/c1-3-8(10(12)16)13-9(14)7-11(15-2)5-4-6-11/h8H,3-7H2,1-2H3,(H2,12,16)(H,13,14). The van der Waals surface area contributed by atoms with Gasteiger partial charge in [0.15, 0.2) is 0 Å². The van der Waals surface area contributed by atoms with E-state index in [1.807, 2.05) is 6.92 Å². The maximum atomic E-state index is 11.8. The molecule has 0 aromatic rings. The highest BCUT2D eigenvalue weighted by Crippen LogP contribution is 2.37. The third-order valence-electron chi connectivity index (χ3n) is 3.27. The van der Waals surface area contributed by atoms with Gasteiger partial charge in [0.2, 0.25) is 5.91 Å². The van der Waals surface area contributed by atoms with E-state index < -0.39 is 0 Å². The van der Waals surface area contributed by atoms with Gasteiger partial charge in [-0.2, -0.15) is 0 Å². The average molecular weight is 244 g/mol. The minimum atomic E-state index is -0.238. The van der Waals surface area contributed by atoms with Crippen LogP contribution in [0.2, 0.25) is 0 Å². The maximum Gasteiger partial charge on any atom is 0.223 e. The molecule has 1 rings (SSSR count). The second kappa shape index (κ2) is 5.59. The maximum absolute atomic E-state index is 11.8. The van der Waals surface area contributed by atoms with Crippen LogP contribution in [0.4, 0.5) is 0 Å². The van der Waals surface area contributed by atoms with Gasteiger partial charge in [0.05, 0.1) is 23.1 Å². The largest absolute Gasteiger partial charge is 0.392 e. The third kappa shape index (κ3) is 3.15. The zero-order valence-electron chi connectivity index (χ0n) is 9.91. The molecule has 5 heteroatoms. The van der Waals surface area contributed by atoms with Crippen LogP contribution < -0.4 is 11.1 Å². The number of carbonyl (C=O) groups excluding carboxylic acids is 1. The fourth-order valence-corrected chi connectivity index (χ4v) is 2.16. The molecule has 0 aromatic heterocycles. The molecule has 1 amide bonds. The lowest BCUT2D eigenvalue weighted by molar-refractivity contribution is -0.134. The second-order valence-corrected chi connectivity index (χ2v) is 4.82. The van der Waals surface area contributed by atoms with Crippen LogP contribution in [0.15, 0.2) is 0 Å². The molecule has 1 atom stereocenters. The van der Waals surface area contributed by atoms with E-state index >= 15 is 0 Å². The highest BCUT2D eigenvalue weighted by molar-refractivity contribution is 7.80. The molecule has 1 aliphatic carbocycles. The predicted octanol–water partition coefficient (Wildman–Crippen LogP) is 1.13. The SMILES string of the molecule is CCC(NC(=O)CC1(OC)CCC1)C(N)=S. The zero-order chi connectivity index (χ0) is 12.2. The Morgan fingerprint density at radius 1 is 1.62 bits per heavy atom. The smallest absolute Gasteiger partial charge is 0.223 e. The summed E-state index contributed by atoms with van der Waals surface area (Å²) in [6.07, 6.45) is 4.18. The average Bonchev–Trinajstić information content (AvgIpc) is 2.19. The van der Waals surface area contributed by atoms with Gasteiger partial charge in [0.1, 0.15) is 0 Å². The summed E-state index contributed by atoms with van der Waals surface area (Å²) in [4.78, 5) is 12.1. The number of thiocarbonyl (C=S) groups is 1. The minimum Gasteiger partial charge on any atom is -0.392 e. The van der Waals surface area contributed by atoms with E-state index in [1.54, 1.807) is 7.11 Å². The molecule has 0 aliphatic heterocycles. The van der Waals surface area contributed by atoms with Crippen molar-refractivity contribution < 1.29 is 9.53 Å². The molecule has 1 saturated carbocycles. The molecule has 0 aromatic carbocycles. The van der Waals surface area contributed by atoms with Crippen LogP contribution in [0.5, 0.6) is 0 Å². The third-order valence-corrected chi connectivity index (χ3v) is 3.55. The van der Waals surface area contributed by atoms with Crippen molar-refractivity contribution in [1.29, 1.82) is 0 Å². The first-order valence-corrected chi connectivity index (χ1v) is 6.07. The Labute approximate surface area is 102 Å². The Morgan fingerprint density at radius 3 is 2.56 bits per heavy atom. The molecular formula is C11H20N2O2S. The van der Waals surface area contributed by atoms with E-state index in [0.717, 1.165) is 25.7 Å². The molecule has 1 unspecified atom stereocenters. The molecule has 3 N–H and O–H groups in total. The quantitative estimate of drug-likeness (QED) is 0.687. The van der Waals surface area contributed by atoms with Crippen LogP contribution in [0.25, 0.3) is 0 Å². The molecule has 1 aliphatic rings. The van der Waals surface area contributed by atoms with Crippen molar-refractivity contribution >= 4 is 23.1 Å². The molecule has 92 valence electrons. The summed E-state index contributed by atoms with van der Waals surface area (Å²) in [6.45, 7) is 1.94. The van der Waals surface area contributed by atoms with Crippen molar-refractivity contribution in [3.8, 4) is 0 Å². The fourth-order valence-electron chi connectivity index (χ4n) is 1.94. The Bertz CT molecular complexity index is 272. The number of amides is 1. The lowest BCUT2D eigenvalue weighted by Gasteiger charge is -2.40. The van der Waals surface area contributed by atoms with Gasteiger partial charge in [0, 0.05) is 7.11 Å². The molecule has 4 nitrogen and oxygen atoms in total. The lowest BCUT2D eigenvalue weighted by Crippen LogP contribution is -2.48. The van der Waals surface area contributed by atoms with E-state index in [2.05, 4.69) is 5.32 Å². The Morgan fingerprint density at radius 2 is 2.25 bits per heavy atom. The van der Waals surface area contributed by atoms with Crippen molar-refractivity contribution in [3.63, 3.8) is 0 Å². The van der Waals surface area contributed by atoms with Crippen LogP contribution in [0.1, 0.15) is 39.0 Å². The monoisotopic (exact) mass is 244 g/mol. The van der Waals surface area contributed by atoms with Gasteiger partial charge in [-0.25, -0.2) is 0 Å². The molecule has 0 spiro atoms. The summed E-state index contributed by atoms with van der Waals surface area (Å²) >= 11 is 4.88. The van der Waals surface area contributed by atoms with Gasteiger partial charge in [-0.3, -0.25) is 4.79 Å². The number of carbonyl (C=O) groups is 1. The summed E-state index contributed by atoms with van der Waals surface area (Å²) in [5.74, 6) is -0.0267. The van der Waals surface area contributed by atoms with Gasteiger partial charge in [-0.05, 0) is 25.7 Å². The zero-order valence-corrected chi connectivity index (χ0v) is 10.7. The van der Waals surface area contributed by atoms with Gasteiger partial charge in [0.25, 0.3) is 0 Å². The van der Waals surface area contributed by atoms with Crippen molar-refractivity contribution in [2.45, 2.75) is 50.7 Å².